The van der Waals surface area contributed by atoms with Gasteiger partial charge in [0.05, 0.1) is 16.8 Å². The molecule has 1 atom stereocenters. The van der Waals surface area contributed by atoms with Crippen LogP contribution in [0.25, 0.3) is 55.3 Å². The molecule has 306 valence electrons. The Balaban J connectivity index is 1.07. The predicted molar refractivity (Wildman–Crippen MR) is 269 cm³/mol. The van der Waals surface area contributed by atoms with Gasteiger partial charge >= 0.3 is 0 Å². The SMILES string of the molecule is CC1(c2ccccc2)c2ccccc2-c2ccc(N(c3ccccc3-c3ccc4c(c3)C(c3ccccc3)(c3ccccc3)c3ccccc3-4)c3cccc4c3oc3ccccc34)cc21. The Bertz CT molecular complexity index is 3580. The Morgan fingerprint density at radius 2 is 0.877 bits per heavy atom. The maximum Gasteiger partial charge on any atom is 0.159 e. The van der Waals surface area contributed by atoms with Crippen LogP contribution in [0.3, 0.4) is 0 Å². The van der Waals surface area contributed by atoms with Crippen molar-refractivity contribution in [3.8, 4) is 33.4 Å². The Morgan fingerprint density at radius 1 is 0.354 bits per heavy atom. The summed E-state index contributed by atoms with van der Waals surface area (Å²) in [4.78, 5) is 2.44. The van der Waals surface area contributed by atoms with Crippen molar-refractivity contribution >= 4 is 39.0 Å². The van der Waals surface area contributed by atoms with Gasteiger partial charge in [0.25, 0.3) is 0 Å². The minimum atomic E-state index is -0.518. The Labute approximate surface area is 379 Å². The van der Waals surface area contributed by atoms with Gasteiger partial charge in [-0.3, -0.25) is 0 Å². The molecule has 2 nitrogen and oxygen atoms in total. The van der Waals surface area contributed by atoms with Gasteiger partial charge in [0.15, 0.2) is 5.58 Å². The van der Waals surface area contributed by atoms with Crippen LogP contribution in [0.4, 0.5) is 17.1 Å². The molecule has 0 spiro atoms. The van der Waals surface area contributed by atoms with Crippen molar-refractivity contribution in [2.24, 2.45) is 0 Å². The molecular weight excluding hydrogens is 787 g/mol. The lowest BCUT2D eigenvalue weighted by Crippen LogP contribution is -2.28. The molecule has 1 heterocycles. The van der Waals surface area contributed by atoms with Crippen LogP contribution in [-0.2, 0) is 10.8 Å². The van der Waals surface area contributed by atoms with E-state index in [4.69, 9.17) is 4.42 Å². The van der Waals surface area contributed by atoms with E-state index in [0.29, 0.717) is 0 Å². The summed E-state index contributed by atoms with van der Waals surface area (Å²) < 4.78 is 6.89. The van der Waals surface area contributed by atoms with E-state index in [1.807, 2.05) is 0 Å². The monoisotopic (exact) mass is 829 g/mol. The summed E-state index contributed by atoms with van der Waals surface area (Å²) in [6.45, 7) is 2.39. The predicted octanol–water partition coefficient (Wildman–Crippen LogP) is 16.4. The molecular formula is C63H43NO. The standard InChI is InChI=1S/C63H43NO/c1-62(43-20-5-2-6-21-43)54-31-15-11-27-48(54)50-39-37-46(41-56(50)62)64(59-34-19-30-53-52-29-14-18-35-60(52)65-61(53)59)58-33-17-13-26-47(58)42-36-38-51-49-28-12-16-32-55(49)63(57(51)40-42,44-22-7-3-8-23-44)45-24-9-4-10-25-45/h2-41H,1H3. The number of rotatable bonds is 7. The van der Waals surface area contributed by atoms with E-state index in [-0.39, 0.29) is 5.41 Å². The third-order valence-corrected chi connectivity index (χ3v) is 14.4. The maximum absolute atomic E-state index is 6.89. The summed E-state index contributed by atoms with van der Waals surface area (Å²) in [7, 11) is 0. The normalized spacial score (nSPS) is 15.3. The van der Waals surface area contributed by atoms with Gasteiger partial charge in [-0.15, -0.1) is 0 Å². The maximum atomic E-state index is 6.89. The first-order valence-electron chi connectivity index (χ1n) is 22.6. The van der Waals surface area contributed by atoms with Crippen LogP contribution >= 0.6 is 0 Å². The summed E-state index contributed by atoms with van der Waals surface area (Å²) >= 11 is 0. The second-order valence-electron chi connectivity index (χ2n) is 17.7. The molecule has 0 radical (unpaired) electrons. The fourth-order valence-electron chi connectivity index (χ4n) is 11.5. The second kappa shape index (κ2) is 14.4. The van der Waals surface area contributed by atoms with Crippen LogP contribution in [0.5, 0.6) is 0 Å². The van der Waals surface area contributed by atoms with Crippen molar-refractivity contribution < 1.29 is 4.42 Å². The smallest absolute Gasteiger partial charge is 0.159 e. The van der Waals surface area contributed by atoms with Crippen molar-refractivity contribution in [3.63, 3.8) is 0 Å². The number of hydrogen-bond donors (Lipinski definition) is 0. The first kappa shape index (κ1) is 37.4. The average molecular weight is 830 g/mol. The zero-order valence-corrected chi connectivity index (χ0v) is 35.9. The minimum Gasteiger partial charge on any atom is -0.454 e. The van der Waals surface area contributed by atoms with Crippen LogP contribution in [0.15, 0.2) is 247 Å². The van der Waals surface area contributed by atoms with Crippen molar-refractivity contribution in [1.29, 1.82) is 0 Å². The van der Waals surface area contributed by atoms with E-state index >= 15 is 0 Å². The largest absolute Gasteiger partial charge is 0.454 e. The van der Waals surface area contributed by atoms with Gasteiger partial charge in [-0.1, -0.05) is 206 Å². The molecule has 13 rings (SSSR count). The molecule has 0 saturated carbocycles. The van der Waals surface area contributed by atoms with Crippen LogP contribution in [0.1, 0.15) is 45.9 Å². The first-order valence-corrected chi connectivity index (χ1v) is 22.6. The number of fused-ring (bicyclic) bond motifs is 9. The van der Waals surface area contributed by atoms with E-state index in [1.54, 1.807) is 0 Å². The summed E-state index contributed by atoms with van der Waals surface area (Å²) in [5, 5.41) is 2.20. The lowest BCUT2D eigenvalue weighted by molar-refractivity contribution is 0.669. The van der Waals surface area contributed by atoms with Gasteiger partial charge in [0.1, 0.15) is 5.58 Å². The molecule has 2 aliphatic rings. The second-order valence-corrected chi connectivity index (χ2v) is 17.7. The third kappa shape index (κ3) is 5.35. The molecule has 0 saturated heterocycles. The van der Waals surface area contributed by atoms with Gasteiger partial charge in [0, 0.05) is 27.4 Å². The lowest BCUT2D eigenvalue weighted by Gasteiger charge is -2.34. The van der Waals surface area contributed by atoms with Gasteiger partial charge in [-0.25, -0.2) is 0 Å². The van der Waals surface area contributed by atoms with Crippen LogP contribution in [-0.4, -0.2) is 0 Å². The van der Waals surface area contributed by atoms with Crippen LogP contribution in [0, 0.1) is 0 Å². The summed E-state index contributed by atoms with van der Waals surface area (Å²) in [5.74, 6) is 0. The minimum absolute atomic E-state index is 0.368. The van der Waals surface area contributed by atoms with E-state index in [9.17, 15) is 0 Å². The third-order valence-electron chi connectivity index (χ3n) is 14.4. The molecule has 1 aromatic heterocycles. The molecule has 1 unspecified atom stereocenters. The summed E-state index contributed by atoms with van der Waals surface area (Å²) in [6, 6.07) is 89.1. The fraction of sp³-hybridized carbons (Fsp3) is 0.0476. The first-order chi connectivity index (χ1) is 32.1. The molecule has 0 N–H and O–H groups in total. The van der Waals surface area contributed by atoms with Crippen molar-refractivity contribution in [1.82, 2.24) is 0 Å². The van der Waals surface area contributed by atoms with E-state index in [2.05, 4.69) is 254 Å². The van der Waals surface area contributed by atoms with Crippen molar-refractivity contribution in [2.75, 3.05) is 4.90 Å². The van der Waals surface area contributed by atoms with E-state index in [1.165, 1.54) is 61.2 Å². The van der Waals surface area contributed by atoms with Gasteiger partial charge in [-0.2, -0.15) is 0 Å². The molecule has 2 aliphatic carbocycles. The molecule has 2 heteroatoms. The Hall–Kier alpha value is -8.20. The molecule has 11 aromatic rings. The highest BCUT2D eigenvalue weighted by Gasteiger charge is 2.46. The number of anilines is 3. The number of furan rings is 1. The van der Waals surface area contributed by atoms with Gasteiger partial charge in [-0.05, 0) is 110 Å². The molecule has 65 heavy (non-hydrogen) atoms. The molecule has 0 amide bonds. The molecule has 10 aromatic carbocycles. The number of nitrogens with zero attached hydrogens (tertiary/aromatic N) is 1. The molecule has 0 bridgehead atoms. The van der Waals surface area contributed by atoms with Crippen molar-refractivity contribution in [3.05, 3.63) is 282 Å². The van der Waals surface area contributed by atoms with E-state index < -0.39 is 5.41 Å². The average Bonchev–Trinajstić information content (AvgIpc) is 4.00. The van der Waals surface area contributed by atoms with Gasteiger partial charge < -0.3 is 9.32 Å². The zero-order chi connectivity index (χ0) is 43.1. The lowest BCUT2D eigenvalue weighted by atomic mass is 9.67. The number of hydrogen-bond acceptors (Lipinski definition) is 2. The number of benzene rings is 10. The fourth-order valence-corrected chi connectivity index (χ4v) is 11.5. The van der Waals surface area contributed by atoms with Crippen LogP contribution < -0.4 is 4.90 Å². The summed E-state index contributed by atoms with van der Waals surface area (Å²) in [5.41, 5.74) is 20.3. The zero-order valence-electron chi connectivity index (χ0n) is 35.9. The highest BCUT2D eigenvalue weighted by molar-refractivity contribution is 6.11. The van der Waals surface area contributed by atoms with E-state index in [0.717, 1.165) is 50.1 Å². The quantitative estimate of drug-likeness (QED) is 0.159. The number of para-hydroxylation sites is 3. The Morgan fingerprint density at radius 3 is 1.62 bits per heavy atom. The summed E-state index contributed by atoms with van der Waals surface area (Å²) in [6.07, 6.45) is 0. The highest BCUT2D eigenvalue weighted by atomic mass is 16.3. The topological polar surface area (TPSA) is 16.4 Å². The van der Waals surface area contributed by atoms with Crippen molar-refractivity contribution in [2.45, 2.75) is 17.8 Å². The molecule has 0 aliphatic heterocycles. The Kier molecular flexibility index (Phi) is 8.29. The van der Waals surface area contributed by atoms with Crippen LogP contribution in [0.2, 0.25) is 0 Å². The molecule has 0 fully saturated rings. The van der Waals surface area contributed by atoms with Gasteiger partial charge in [0.2, 0.25) is 0 Å². The highest BCUT2D eigenvalue weighted by Crippen LogP contribution is 2.58.